The molecule has 0 bridgehead atoms. The summed E-state index contributed by atoms with van der Waals surface area (Å²) >= 11 is 0. The molecule has 0 saturated heterocycles. The van der Waals surface area contributed by atoms with Gasteiger partial charge in [-0.25, -0.2) is 4.98 Å². The van der Waals surface area contributed by atoms with E-state index in [0.29, 0.717) is 24.4 Å². The number of benzene rings is 2. The number of fused-ring (bicyclic) bond motifs is 1. The maximum atomic E-state index is 13.8. The summed E-state index contributed by atoms with van der Waals surface area (Å²) in [6.07, 6.45) is 12.1. The molecule has 0 aliphatic carbocycles. The smallest absolute Gasteiger partial charge is 0.255 e. The maximum absolute atomic E-state index is 13.8. The minimum atomic E-state index is -1.24. The highest BCUT2D eigenvalue weighted by Gasteiger charge is 2.31. The minimum Gasteiger partial charge on any atom is -0.493 e. The average Bonchev–Trinajstić information content (AvgIpc) is 3.66. The fourth-order valence-corrected chi connectivity index (χ4v) is 6.00. The summed E-state index contributed by atoms with van der Waals surface area (Å²) in [5.74, 6) is -2.39. The van der Waals surface area contributed by atoms with Crippen LogP contribution in [0.3, 0.4) is 0 Å². The SMILES string of the molecule is CCCCCCCCCCNC(=O)[C@@H]1CC(=O)N[C@@H](Cc2cnc[nH]2)C(=O)N[C@@H](Cc2ccccc2)C(=O)NCCCOc2ccccc2C(=O)N1. The van der Waals surface area contributed by atoms with Crippen LogP contribution in [-0.4, -0.2) is 77.3 Å². The Morgan fingerprint density at radius 2 is 1.54 bits per heavy atom. The number of hydrogen-bond donors (Lipinski definition) is 6. The number of H-pyrrole nitrogens is 1. The van der Waals surface area contributed by atoms with Crippen molar-refractivity contribution in [1.82, 2.24) is 36.6 Å². The molecular weight excluding hydrogens is 662 g/mol. The molecule has 2 heterocycles. The number of aromatic nitrogens is 2. The van der Waals surface area contributed by atoms with Crippen LogP contribution in [0.25, 0.3) is 0 Å². The molecule has 13 heteroatoms. The zero-order chi connectivity index (χ0) is 37.0. The van der Waals surface area contributed by atoms with Gasteiger partial charge < -0.3 is 36.3 Å². The number of rotatable bonds is 14. The molecule has 0 saturated carbocycles. The second-order valence-electron chi connectivity index (χ2n) is 13.1. The number of amides is 5. The Morgan fingerprint density at radius 1 is 0.827 bits per heavy atom. The first-order valence-electron chi connectivity index (χ1n) is 18.5. The van der Waals surface area contributed by atoms with E-state index in [0.717, 1.165) is 31.2 Å². The van der Waals surface area contributed by atoms with Crippen LogP contribution < -0.4 is 31.3 Å². The van der Waals surface area contributed by atoms with Gasteiger partial charge in [-0.15, -0.1) is 0 Å². The topological polar surface area (TPSA) is 183 Å². The van der Waals surface area contributed by atoms with Crippen LogP contribution >= 0.6 is 0 Å². The molecule has 1 aromatic heterocycles. The van der Waals surface area contributed by atoms with E-state index in [2.05, 4.69) is 43.5 Å². The number of carbonyl (C=O) groups is 5. The molecule has 13 nitrogen and oxygen atoms in total. The number of aromatic amines is 1. The predicted molar refractivity (Wildman–Crippen MR) is 197 cm³/mol. The van der Waals surface area contributed by atoms with Crippen molar-refractivity contribution < 1.29 is 28.7 Å². The van der Waals surface area contributed by atoms with Crippen molar-refractivity contribution in [2.45, 2.75) is 102 Å². The van der Waals surface area contributed by atoms with Crippen molar-refractivity contribution in [1.29, 1.82) is 0 Å². The number of unbranched alkanes of at least 4 members (excludes halogenated alkanes) is 7. The molecule has 6 N–H and O–H groups in total. The van der Waals surface area contributed by atoms with E-state index in [9.17, 15) is 24.0 Å². The van der Waals surface area contributed by atoms with Crippen LogP contribution in [-0.2, 0) is 32.0 Å². The van der Waals surface area contributed by atoms with Gasteiger partial charge in [-0.2, -0.15) is 0 Å². The van der Waals surface area contributed by atoms with Crippen molar-refractivity contribution in [3.05, 3.63) is 83.9 Å². The Kier molecular flexibility index (Phi) is 16.7. The van der Waals surface area contributed by atoms with Gasteiger partial charge in [-0.05, 0) is 30.5 Å². The summed E-state index contributed by atoms with van der Waals surface area (Å²) in [4.78, 5) is 74.9. The van der Waals surface area contributed by atoms with Gasteiger partial charge in [-0.1, -0.05) is 94.3 Å². The molecule has 4 rings (SSSR count). The monoisotopic (exact) mass is 715 g/mol. The first-order valence-corrected chi connectivity index (χ1v) is 18.5. The van der Waals surface area contributed by atoms with E-state index in [1.54, 1.807) is 30.5 Å². The van der Waals surface area contributed by atoms with E-state index >= 15 is 0 Å². The summed E-state index contributed by atoms with van der Waals surface area (Å²) in [5.41, 5.74) is 1.63. The highest BCUT2D eigenvalue weighted by atomic mass is 16.5. The lowest BCUT2D eigenvalue weighted by Gasteiger charge is -2.24. The molecule has 1 aliphatic heterocycles. The Bertz CT molecular complexity index is 1570. The number of nitrogens with one attached hydrogen (secondary N) is 6. The first kappa shape index (κ1) is 39.6. The molecule has 280 valence electrons. The highest BCUT2D eigenvalue weighted by molar-refractivity contribution is 6.01. The quantitative estimate of drug-likeness (QED) is 0.138. The Hall–Kier alpha value is -5.20. The number of para-hydroxylation sites is 1. The third-order valence-corrected chi connectivity index (χ3v) is 8.90. The normalized spacial score (nSPS) is 19.1. The molecule has 3 atom stereocenters. The maximum Gasteiger partial charge on any atom is 0.255 e. The van der Waals surface area contributed by atoms with Gasteiger partial charge in [-0.3, -0.25) is 24.0 Å². The molecule has 3 aromatic rings. The Labute approximate surface area is 305 Å². The van der Waals surface area contributed by atoms with Gasteiger partial charge in [0.1, 0.15) is 23.9 Å². The van der Waals surface area contributed by atoms with E-state index in [1.807, 2.05) is 30.3 Å². The van der Waals surface area contributed by atoms with Crippen molar-refractivity contribution in [2.24, 2.45) is 0 Å². The predicted octanol–water partition coefficient (Wildman–Crippen LogP) is 3.51. The van der Waals surface area contributed by atoms with Crippen molar-refractivity contribution in [3.63, 3.8) is 0 Å². The van der Waals surface area contributed by atoms with Crippen LogP contribution in [0.4, 0.5) is 0 Å². The van der Waals surface area contributed by atoms with Gasteiger partial charge in [0.15, 0.2) is 0 Å². The zero-order valence-electron chi connectivity index (χ0n) is 30.1. The lowest BCUT2D eigenvalue weighted by atomic mass is 10.0. The minimum absolute atomic E-state index is 0.0453. The van der Waals surface area contributed by atoms with Crippen LogP contribution in [0.15, 0.2) is 67.1 Å². The third kappa shape index (κ3) is 13.5. The highest BCUT2D eigenvalue weighted by Crippen LogP contribution is 2.19. The molecule has 0 radical (unpaired) electrons. The molecule has 0 spiro atoms. The van der Waals surface area contributed by atoms with Crippen molar-refractivity contribution in [2.75, 3.05) is 19.7 Å². The summed E-state index contributed by atoms with van der Waals surface area (Å²) in [6.45, 7) is 3.04. The standard InChI is InChI=1S/C39H53N7O6/c1-2-3-4-5-6-7-8-14-20-41-38(50)33-25-35(47)44-32(24-29-26-40-27-43-29)39(51)46-31(23-28-16-10-9-11-17-28)37(49)42-21-15-22-52-34-19-13-12-18-30(34)36(48)45-33/h9-13,16-19,26-27,31-33H,2-8,14-15,20-25H2,1H3,(H,40,43)(H,41,50)(H,42,49)(H,44,47)(H,45,48)(H,46,51)/t31-,32-,33-/m0/s1. The Morgan fingerprint density at radius 3 is 2.29 bits per heavy atom. The summed E-state index contributed by atoms with van der Waals surface area (Å²) < 4.78 is 5.92. The van der Waals surface area contributed by atoms with Crippen LogP contribution in [0.2, 0.25) is 0 Å². The van der Waals surface area contributed by atoms with E-state index in [-0.39, 0.29) is 31.6 Å². The van der Waals surface area contributed by atoms with Gasteiger partial charge in [0.05, 0.1) is 24.9 Å². The van der Waals surface area contributed by atoms with Crippen molar-refractivity contribution >= 4 is 29.5 Å². The first-order chi connectivity index (χ1) is 25.3. The second kappa shape index (κ2) is 21.9. The molecule has 0 unspecified atom stereocenters. The third-order valence-electron chi connectivity index (χ3n) is 8.90. The fourth-order valence-electron chi connectivity index (χ4n) is 6.00. The van der Waals surface area contributed by atoms with Crippen molar-refractivity contribution in [3.8, 4) is 5.75 Å². The zero-order valence-corrected chi connectivity index (χ0v) is 30.1. The number of ether oxygens (including phenoxy) is 1. The molecular formula is C39H53N7O6. The van der Waals surface area contributed by atoms with Crippen LogP contribution in [0.5, 0.6) is 5.75 Å². The molecule has 0 fully saturated rings. The summed E-state index contributed by atoms with van der Waals surface area (Å²) in [6, 6.07) is 12.7. The van der Waals surface area contributed by atoms with Gasteiger partial charge in [0.2, 0.25) is 23.6 Å². The number of carbonyl (C=O) groups excluding carboxylic acids is 5. The number of hydrogen-bond acceptors (Lipinski definition) is 7. The lowest BCUT2D eigenvalue weighted by Crippen LogP contribution is -2.56. The number of nitrogens with zero attached hydrogens (tertiary/aromatic N) is 1. The fraction of sp³-hybridized carbons (Fsp3) is 0.487. The van der Waals surface area contributed by atoms with Gasteiger partial charge in [0, 0.05) is 37.8 Å². The molecule has 52 heavy (non-hydrogen) atoms. The molecule has 2 aromatic carbocycles. The van der Waals surface area contributed by atoms with E-state index in [4.69, 9.17) is 4.74 Å². The van der Waals surface area contributed by atoms with Crippen LogP contribution in [0, 0.1) is 0 Å². The van der Waals surface area contributed by atoms with Crippen LogP contribution in [0.1, 0.15) is 92.7 Å². The second-order valence-corrected chi connectivity index (χ2v) is 13.1. The van der Waals surface area contributed by atoms with E-state index in [1.165, 1.54) is 32.0 Å². The summed E-state index contributed by atoms with van der Waals surface area (Å²) in [5, 5.41) is 14.1. The molecule has 1 aliphatic rings. The summed E-state index contributed by atoms with van der Waals surface area (Å²) in [7, 11) is 0. The average molecular weight is 716 g/mol. The van der Waals surface area contributed by atoms with Gasteiger partial charge >= 0.3 is 0 Å². The largest absolute Gasteiger partial charge is 0.493 e. The van der Waals surface area contributed by atoms with Gasteiger partial charge in [0.25, 0.3) is 5.91 Å². The Balaban J connectivity index is 1.53. The number of imidazole rings is 1. The lowest BCUT2D eigenvalue weighted by molar-refractivity contribution is -0.133. The van der Waals surface area contributed by atoms with E-state index < -0.39 is 54.1 Å². The molecule has 5 amide bonds.